The van der Waals surface area contributed by atoms with Crippen LogP contribution in [-0.2, 0) is 11.3 Å². The summed E-state index contributed by atoms with van der Waals surface area (Å²) in [6.07, 6.45) is 4.71. The lowest BCUT2D eigenvalue weighted by Gasteiger charge is -2.37. The third-order valence-electron chi connectivity index (χ3n) is 5.43. The van der Waals surface area contributed by atoms with Crippen LogP contribution in [0, 0.1) is 25.2 Å². The Morgan fingerprint density at radius 1 is 1.36 bits per heavy atom. The number of nitrogens with one attached hydrogen (secondary N) is 2. The van der Waals surface area contributed by atoms with Gasteiger partial charge in [0.05, 0.1) is 5.41 Å². The quantitative estimate of drug-likeness (QED) is 0.897. The summed E-state index contributed by atoms with van der Waals surface area (Å²) in [4.78, 5) is 12.8. The van der Waals surface area contributed by atoms with E-state index >= 15 is 0 Å². The molecule has 3 nitrogen and oxygen atoms in total. The van der Waals surface area contributed by atoms with Crippen molar-refractivity contribution in [3.63, 3.8) is 0 Å². The highest BCUT2D eigenvalue weighted by molar-refractivity contribution is 5.85. The van der Waals surface area contributed by atoms with Gasteiger partial charge >= 0.3 is 0 Å². The van der Waals surface area contributed by atoms with Gasteiger partial charge in [0.1, 0.15) is 0 Å². The standard InChI is InChI=1S/C18H26N2O.ClH/c1-13-6-7-15(14(2)9-13)10-20-17(21)18-8-4-3-5-16(18)11-19-12-18;/h6-7,9,16,19H,3-5,8,10-12H2,1-2H3,(H,20,21);1H/t16-,18+;/m0./s1. The molecule has 22 heavy (non-hydrogen) atoms. The summed E-state index contributed by atoms with van der Waals surface area (Å²) in [5.74, 6) is 0.794. The Bertz CT molecular complexity index is 546. The second-order valence-electron chi connectivity index (χ2n) is 6.84. The van der Waals surface area contributed by atoms with E-state index in [0.717, 1.165) is 19.5 Å². The van der Waals surface area contributed by atoms with Crippen molar-refractivity contribution in [1.29, 1.82) is 0 Å². The van der Waals surface area contributed by atoms with Crippen molar-refractivity contribution in [2.75, 3.05) is 13.1 Å². The van der Waals surface area contributed by atoms with E-state index in [0.29, 0.717) is 12.5 Å². The summed E-state index contributed by atoms with van der Waals surface area (Å²) in [6, 6.07) is 6.43. The highest BCUT2D eigenvalue weighted by Gasteiger charge is 2.49. The van der Waals surface area contributed by atoms with Crippen LogP contribution in [0.3, 0.4) is 0 Å². The number of hydrogen-bond acceptors (Lipinski definition) is 2. The van der Waals surface area contributed by atoms with Gasteiger partial charge in [-0.25, -0.2) is 0 Å². The molecule has 4 heteroatoms. The number of hydrogen-bond donors (Lipinski definition) is 2. The summed E-state index contributed by atoms with van der Waals surface area (Å²) < 4.78 is 0. The lowest BCUT2D eigenvalue weighted by atomic mass is 9.67. The lowest BCUT2D eigenvalue weighted by Crippen LogP contribution is -2.47. The predicted molar refractivity (Wildman–Crippen MR) is 92.3 cm³/mol. The number of benzene rings is 1. The summed E-state index contributed by atoms with van der Waals surface area (Å²) in [5, 5.41) is 6.65. The molecule has 1 aliphatic heterocycles. The van der Waals surface area contributed by atoms with Gasteiger partial charge in [-0.1, -0.05) is 36.6 Å². The molecule has 2 fully saturated rings. The van der Waals surface area contributed by atoms with Crippen molar-refractivity contribution in [2.24, 2.45) is 11.3 Å². The van der Waals surface area contributed by atoms with Crippen LogP contribution in [0.2, 0.25) is 0 Å². The highest BCUT2D eigenvalue weighted by Crippen LogP contribution is 2.43. The zero-order valence-electron chi connectivity index (χ0n) is 13.6. The van der Waals surface area contributed by atoms with Crippen molar-refractivity contribution in [3.05, 3.63) is 34.9 Å². The second-order valence-corrected chi connectivity index (χ2v) is 6.84. The Kier molecular flexibility index (Phi) is 5.51. The summed E-state index contributed by atoms with van der Waals surface area (Å²) >= 11 is 0. The molecule has 0 radical (unpaired) electrons. The van der Waals surface area contributed by atoms with Gasteiger partial charge in [-0.3, -0.25) is 4.79 Å². The van der Waals surface area contributed by atoms with E-state index < -0.39 is 0 Å². The molecule has 1 heterocycles. The van der Waals surface area contributed by atoms with Crippen molar-refractivity contribution >= 4 is 18.3 Å². The first-order valence-electron chi connectivity index (χ1n) is 8.17. The molecule has 1 aromatic rings. The van der Waals surface area contributed by atoms with Crippen LogP contribution in [0.5, 0.6) is 0 Å². The number of amides is 1. The molecule has 3 rings (SSSR count). The number of rotatable bonds is 3. The molecule has 1 aliphatic carbocycles. The molecular formula is C18H27ClN2O. The first-order chi connectivity index (χ1) is 10.1. The highest BCUT2D eigenvalue weighted by atomic mass is 35.5. The monoisotopic (exact) mass is 322 g/mol. The molecule has 0 unspecified atom stereocenters. The Hall–Kier alpha value is -1.06. The topological polar surface area (TPSA) is 41.1 Å². The average molecular weight is 323 g/mol. The minimum atomic E-state index is -0.142. The van der Waals surface area contributed by atoms with Gasteiger partial charge < -0.3 is 10.6 Å². The minimum absolute atomic E-state index is 0. The molecule has 0 bridgehead atoms. The number of carbonyl (C=O) groups is 1. The maximum Gasteiger partial charge on any atom is 0.228 e. The molecule has 2 atom stereocenters. The predicted octanol–water partition coefficient (Wildman–Crippen LogP) is 3.12. The van der Waals surface area contributed by atoms with E-state index in [1.54, 1.807) is 0 Å². The van der Waals surface area contributed by atoms with Crippen LogP contribution in [0.25, 0.3) is 0 Å². The van der Waals surface area contributed by atoms with Gasteiger partial charge in [0.2, 0.25) is 5.91 Å². The van der Waals surface area contributed by atoms with Crippen LogP contribution in [-0.4, -0.2) is 19.0 Å². The Balaban J connectivity index is 0.00000176. The van der Waals surface area contributed by atoms with Gasteiger partial charge in [-0.2, -0.15) is 0 Å². The summed E-state index contributed by atoms with van der Waals surface area (Å²) in [5.41, 5.74) is 3.62. The van der Waals surface area contributed by atoms with Crippen LogP contribution in [0.1, 0.15) is 42.4 Å². The Morgan fingerprint density at radius 3 is 2.95 bits per heavy atom. The van der Waals surface area contributed by atoms with Gasteiger partial charge in [-0.05, 0) is 50.3 Å². The van der Waals surface area contributed by atoms with Crippen molar-refractivity contribution in [2.45, 2.75) is 46.1 Å². The first kappa shape index (κ1) is 17.3. The molecule has 1 aromatic carbocycles. The van der Waals surface area contributed by atoms with E-state index in [2.05, 4.69) is 42.7 Å². The summed E-state index contributed by atoms with van der Waals surface area (Å²) in [7, 11) is 0. The zero-order valence-corrected chi connectivity index (χ0v) is 14.4. The largest absolute Gasteiger partial charge is 0.351 e. The molecule has 1 saturated heterocycles. The van der Waals surface area contributed by atoms with Crippen LogP contribution in [0.15, 0.2) is 18.2 Å². The molecule has 2 aliphatic rings. The average Bonchev–Trinajstić information content (AvgIpc) is 2.91. The van der Waals surface area contributed by atoms with E-state index in [1.165, 1.54) is 36.0 Å². The van der Waals surface area contributed by atoms with E-state index in [-0.39, 0.29) is 23.7 Å². The van der Waals surface area contributed by atoms with Crippen LogP contribution >= 0.6 is 12.4 Å². The maximum absolute atomic E-state index is 12.8. The van der Waals surface area contributed by atoms with Crippen LogP contribution < -0.4 is 10.6 Å². The van der Waals surface area contributed by atoms with E-state index in [4.69, 9.17) is 0 Å². The summed E-state index contributed by atoms with van der Waals surface area (Å²) in [6.45, 7) is 6.74. The van der Waals surface area contributed by atoms with E-state index in [1.807, 2.05) is 0 Å². The van der Waals surface area contributed by atoms with Gasteiger partial charge in [0.25, 0.3) is 0 Å². The van der Waals surface area contributed by atoms with Gasteiger partial charge in [0.15, 0.2) is 0 Å². The fourth-order valence-corrected chi connectivity index (χ4v) is 4.09. The van der Waals surface area contributed by atoms with Crippen LogP contribution in [0.4, 0.5) is 0 Å². The molecular weight excluding hydrogens is 296 g/mol. The molecule has 122 valence electrons. The minimum Gasteiger partial charge on any atom is -0.351 e. The zero-order chi connectivity index (χ0) is 14.9. The normalized spacial score (nSPS) is 26.9. The first-order valence-corrected chi connectivity index (χ1v) is 8.17. The van der Waals surface area contributed by atoms with Crippen molar-refractivity contribution < 1.29 is 4.79 Å². The Morgan fingerprint density at radius 2 is 2.18 bits per heavy atom. The molecule has 1 amide bonds. The fraction of sp³-hybridized carbons (Fsp3) is 0.611. The third kappa shape index (κ3) is 3.16. The third-order valence-corrected chi connectivity index (χ3v) is 5.43. The number of halogens is 1. The molecule has 2 N–H and O–H groups in total. The maximum atomic E-state index is 12.8. The van der Waals surface area contributed by atoms with Gasteiger partial charge in [-0.15, -0.1) is 12.4 Å². The SMILES string of the molecule is Cc1ccc(CNC(=O)[C@@]23CCCC[C@H]2CNC3)c(C)c1.Cl. The molecule has 0 aromatic heterocycles. The number of aryl methyl sites for hydroxylation is 2. The van der Waals surface area contributed by atoms with Gasteiger partial charge in [0, 0.05) is 13.1 Å². The number of carbonyl (C=O) groups excluding carboxylic acids is 1. The van der Waals surface area contributed by atoms with Crippen molar-refractivity contribution in [1.82, 2.24) is 10.6 Å². The molecule has 0 spiro atoms. The smallest absolute Gasteiger partial charge is 0.228 e. The van der Waals surface area contributed by atoms with Crippen molar-refractivity contribution in [3.8, 4) is 0 Å². The van der Waals surface area contributed by atoms with E-state index in [9.17, 15) is 4.79 Å². The fourth-order valence-electron chi connectivity index (χ4n) is 4.09. The lowest BCUT2D eigenvalue weighted by molar-refractivity contribution is -0.134. The second kappa shape index (κ2) is 7.01. The Labute approximate surface area is 139 Å². The number of fused-ring (bicyclic) bond motifs is 1. The molecule has 1 saturated carbocycles.